The summed E-state index contributed by atoms with van der Waals surface area (Å²) in [6.07, 6.45) is 4.07. The Morgan fingerprint density at radius 1 is 1.22 bits per heavy atom. The van der Waals surface area contributed by atoms with Gasteiger partial charge in [-0.2, -0.15) is 5.10 Å². The van der Waals surface area contributed by atoms with E-state index in [9.17, 15) is 0 Å². The zero-order valence-corrected chi connectivity index (χ0v) is 16.4. The lowest BCUT2D eigenvalue weighted by molar-refractivity contribution is 0.245. The average molecular weight is 371 g/mol. The van der Waals surface area contributed by atoms with E-state index in [0.717, 1.165) is 37.2 Å². The molecule has 1 saturated heterocycles. The van der Waals surface area contributed by atoms with Gasteiger partial charge >= 0.3 is 0 Å². The Morgan fingerprint density at radius 2 is 1.96 bits per heavy atom. The Labute approximate surface area is 160 Å². The molecule has 0 spiro atoms. The van der Waals surface area contributed by atoms with Crippen LogP contribution >= 0.6 is 0 Å². The maximum Gasteiger partial charge on any atom is 0.191 e. The van der Waals surface area contributed by atoms with Crippen LogP contribution in [0.2, 0.25) is 0 Å². The quantitative estimate of drug-likeness (QED) is 0.565. The van der Waals surface area contributed by atoms with Gasteiger partial charge in [0.2, 0.25) is 0 Å². The van der Waals surface area contributed by atoms with E-state index in [1.54, 1.807) is 25.2 Å². The molecule has 8 heteroatoms. The van der Waals surface area contributed by atoms with Crippen molar-refractivity contribution in [3.05, 3.63) is 42.0 Å². The van der Waals surface area contributed by atoms with Crippen molar-refractivity contribution in [1.82, 2.24) is 30.3 Å². The highest BCUT2D eigenvalue weighted by atomic mass is 16.5. The molecular formula is C19H29N7O. The van der Waals surface area contributed by atoms with Gasteiger partial charge in [-0.1, -0.05) is 12.1 Å². The van der Waals surface area contributed by atoms with Crippen LogP contribution in [0.4, 0.5) is 0 Å². The molecule has 8 nitrogen and oxygen atoms in total. The number of guanidine groups is 1. The standard InChI is InChI=1S/C19H29N7O/c1-20-19(22-13-18-23-14-24-25(18)2)21-12-17(26-10-4-5-11-26)15-6-8-16(27-3)9-7-15/h6-9,14,17H,4-5,10-13H2,1-3H3,(H2,20,21,22). The van der Waals surface area contributed by atoms with Crippen LogP contribution < -0.4 is 15.4 Å². The number of hydrogen-bond donors (Lipinski definition) is 2. The van der Waals surface area contributed by atoms with E-state index in [4.69, 9.17) is 4.74 Å². The van der Waals surface area contributed by atoms with Crippen molar-refractivity contribution < 1.29 is 4.74 Å². The number of aliphatic imine (C=N–C) groups is 1. The maximum atomic E-state index is 5.30. The van der Waals surface area contributed by atoms with Crippen molar-refractivity contribution in [2.75, 3.05) is 33.8 Å². The minimum absolute atomic E-state index is 0.298. The van der Waals surface area contributed by atoms with Crippen LogP contribution in [0.1, 0.15) is 30.3 Å². The summed E-state index contributed by atoms with van der Waals surface area (Å²) in [6.45, 7) is 3.62. The minimum atomic E-state index is 0.298. The summed E-state index contributed by atoms with van der Waals surface area (Å²) >= 11 is 0. The smallest absolute Gasteiger partial charge is 0.191 e. The van der Waals surface area contributed by atoms with Crippen LogP contribution in [-0.4, -0.2) is 59.4 Å². The van der Waals surface area contributed by atoms with Crippen molar-refractivity contribution in [3.8, 4) is 5.75 Å². The van der Waals surface area contributed by atoms with Gasteiger partial charge in [0.25, 0.3) is 0 Å². The van der Waals surface area contributed by atoms with Crippen LogP contribution in [0.15, 0.2) is 35.6 Å². The van der Waals surface area contributed by atoms with Gasteiger partial charge in [-0.25, -0.2) is 4.98 Å². The fourth-order valence-corrected chi connectivity index (χ4v) is 3.39. The molecule has 1 aromatic carbocycles. The third kappa shape index (κ3) is 4.97. The first kappa shape index (κ1) is 19.2. The van der Waals surface area contributed by atoms with Crippen molar-refractivity contribution in [3.63, 3.8) is 0 Å². The Kier molecular flexibility index (Phi) is 6.64. The second kappa shape index (κ2) is 9.36. The molecule has 2 N–H and O–H groups in total. The van der Waals surface area contributed by atoms with Gasteiger partial charge in [-0.05, 0) is 43.6 Å². The first-order valence-electron chi connectivity index (χ1n) is 9.36. The molecule has 1 atom stereocenters. The molecule has 0 bridgehead atoms. The number of likely N-dealkylation sites (tertiary alicyclic amines) is 1. The molecule has 27 heavy (non-hydrogen) atoms. The van der Waals surface area contributed by atoms with Crippen LogP contribution in [0.25, 0.3) is 0 Å². The van der Waals surface area contributed by atoms with Crippen molar-refractivity contribution >= 4 is 5.96 Å². The van der Waals surface area contributed by atoms with Gasteiger partial charge in [0.1, 0.15) is 17.9 Å². The molecule has 2 heterocycles. The third-order valence-electron chi connectivity index (χ3n) is 4.99. The number of methoxy groups -OCH3 is 1. The second-order valence-corrected chi connectivity index (χ2v) is 6.64. The van der Waals surface area contributed by atoms with E-state index in [1.807, 2.05) is 19.2 Å². The largest absolute Gasteiger partial charge is 0.497 e. The predicted molar refractivity (Wildman–Crippen MR) is 106 cm³/mol. The number of hydrogen-bond acceptors (Lipinski definition) is 5. The Morgan fingerprint density at radius 3 is 2.56 bits per heavy atom. The molecule has 0 aliphatic carbocycles. The zero-order chi connectivity index (χ0) is 19.1. The number of aryl methyl sites for hydroxylation is 1. The van der Waals surface area contributed by atoms with Crippen molar-refractivity contribution in [2.45, 2.75) is 25.4 Å². The molecule has 1 aliphatic rings. The number of ether oxygens (including phenoxy) is 1. The van der Waals surface area contributed by atoms with Crippen molar-refractivity contribution in [1.29, 1.82) is 0 Å². The SMILES string of the molecule is CN=C(NCc1ncnn1C)NCC(c1ccc(OC)cc1)N1CCCC1. The molecular weight excluding hydrogens is 342 g/mol. The summed E-state index contributed by atoms with van der Waals surface area (Å²) in [5.41, 5.74) is 1.29. The monoisotopic (exact) mass is 371 g/mol. The number of rotatable bonds is 7. The average Bonchev–Trinajstić information content (AvgIpc) is 3.37. The van der Waals surface area contributed by atoms with Crippen LogP contribution in [0.3, 0.4) is 0 Å². The molecule has 3 rings (SSSR count). The van der Waals surface area contributed by atoms with Gasteiger partial charge in [-0.15, -0.1) is 0 Å². The van der Waals surface area contributed by atoms with E-state index >= 15 is 0 Å². The molecule has 1 aromatic heterocycles. The fraction of sp³-hybridized carbons (Fsp3) is 0.526. The lowest BCUT2D eigenvalue weighted by atomic mass is 10.1. The van der Waals surface area contributed by atoms with E-state index in [-0.39, 0.29) is 0 Å². The van der Waals surface area contributed by atoms with Crippen LogP contribution in [0.5, 0.6) is 5.75 Å². The number of benzene rings is 1. The van der Waals surface area contributed by atoms with Crippen LogP contribution in [-0.2, 0) is 13.6 Å². The minimum Gasteiger partial charge on any atom is -0.497 e. The summed E-state index contributed by atoms with van der Waals surface area (Å²) in [5, 5.41) is 10.9. The fourth-order valence-electron chi connectivity index (χ4n) is 3.39. The molecule has 0 amide bonds. The van der Waals surface area contributed by atoms with Gasteiger partial charge < -0.3 is 15.4 Å². The lowest BCUT2D eigenvalue weighted by Gasteiger charge is -2.29. The highest BCUT2D eigenvalue weighted by molar-refractivity contribution is 5.79. The lowest BCUT2D eigenvalue weighted by Crippen LogP contribution is -2.42. The Hall–Kier alpha value is -2.61. The van der Waals surface area contributed by atoms with E-state index in [2.05, 4.69) is 42.7 Å². The highest BCUT2D eigenvalue weighted by Gasteiger charge is 2.23. The number of nitrogens with one attached hydrogen (secondary N) is 2. The maximum absolute atomic E-state index is 5.30. The second-order valence-electron chi connectivity index (χ2n) is 6.64. The zero-order valence-electron chi connectivity index (χ0n) is 16.4. The molecule has 146 valence electrons. The van der Waals surface area contributed by atoms with Gasteiger partial charge in [-0.3, -0.25) is 14.6 Å². The summed E-state index contributed by atoms with van der Waals surface area (Å²) < 4.78 is 7.05. The Bertz CT molecular complexity index is 735. The first-order valence-corrected chi connectivity index (χ1v) is 9.36. The van der Waals surface area contributed by atoms with Gasteiger partial charge in [0.05, 0.1) is 19.7 Å². The van der Waals surface area contributed by atoms with Crippen molar-refractivity contribution in [2.24, 2.45) is 12.0 Å². The summed E-state index contributed by atoms with van der Waals surface area (Å²) in [5.74, 6) is 2.51. The summed E-state index contributed by atoms with van der Waals surface area (Å²) in [7, 11) is 5.36. The van der Waals surface area contributed by atoms with E-state index < -0.39 is 0 Å². The van der Waals surface area contributed by atoms with Crippen LogP contribution in [0, 0.1) is 0 Å². The normalized spacial score (nSPS) is 16.3. The molecule has 1 aliphatic heterocycles. The molecule has 0 saturated carbocycles. The Balaban J connectivity index is 1.63. The van der Waals surface area contributed by atoms with E-state index in [0.29, 0.717) is 12.6 Å². The van der Waals surface area contributed by atoms with E-state index in [1.165, 1.54) is 18.4 Å². The highest BCUT2D eigenvalue weighted by Crippen LogP contribution is 2.26. The molecule has 1 fully saturated rings. The number of aromatic nitrogens is 3. The molecule has 2 aromatic rings. The molecule has 1 unspecified atom stereocenters. The summed E-state index contributed by atoms with van der Waals surface area (Å²) in [6, 6.07) is 8.66. The van der Waals surface area contributed by atoms with Gasteiger partial charge in [0, 0.05) is 20.6 Å². The molecule has 0 radical (unpaired) electrons. The third-order valence-corrected chi connectivity index (χ3v) is 4.99. The first-order chi connectivity index (χ1) is 13.2. The van der Waals surface area contributed by atoms with Gasteiger partial charge in [0.15, 0.2) is 5.96 Å². The summed E-state index contributed by atoms with van der Waals surface area (Å²) in [4.78, 5) is 11.1. The predicted octanol–water partition coefficient (Wildman–Crippen LogP) is 1.33. The topological polar surface area (TPSA) is 79.6 Å². The number of nitrogens with zero attached hydrogens (tertiary/aromatic N) is 5.